The number of hydrogen-bond acceptors (Lipinski definition) is 4. The largest absolute Gasteiger partial charge is 0.337 e. The molecule has 2 aromatic heterocycles. The molecule has 0 radical (unpaired) electrons. The summed E-state index contributed by atoms with van der Waals surface area (Å²) < 4.78 is 4.17. The highest BCUT2D eigenvalue weighted by molar-refractivity contribution is 5.85. The summed E-state index contributed by atoms with van der Waals surface area (Å²) in [4.78, 5) is 7.03. The van der Waals surface area contributed by atoms with Gasteiger partial charge in [0.25, 0.3) is 0 Å². The van der Waals surface area contributed by atoms with Crippen LogP contribution < -0.4 is 5.32 Å². The molecule has 3 heterocycles. The molecule has 6 nitrogen and oxygen atoms in total. The Morgan fingerprint density at radius 3 is 2.91 bits per heavy atom. The number of aryl methyl sites for hydroxylation is 1. The Morgan fingerprint density at radius 2 is 2.22 bits per heavy atom. The SMILES string of the molecule is CC(C)Cn1cc(CN2CCNCC2c2nccn2C)cn1.Cl. The summed E-state index contributed by atoms with van der Waals surface area (Å²) in [6.07, 6.45) is 8.07. The zero-order valence-electron chi connectivity index (χ0n) is 14.1. The minimum absolute atomic E-state index is 0. The monoisotopic (exact) mass is 338 g/mol. The Morgan fingerprint density at radius 1 is 1.39 bits per heavy atom. The first-order valence-electron chi connectivity index (χ1n) is 8.07. The summed E-state index contributed by atoms with van der Waals surface area (Å²) in [6.45, 7) is 9.35. The summed E-state index contributed by atoms with van der Waals surface area (Å²) in [5.74, 6) is 1.74. The summed E-state index contributed by atoms with van der Waals surface area (Å²) in [7, 11) is 2.07. The van der Waals surface area contributed by atoms with Crippen molar-refractivity contribution < 1.29 is 0 Å². The van der Waals surface area contributed by atoms with Gasteiger partial charge in [-0.2, -0.15) is 5.10 Å². The minimum Gasteiger partial charge on any atom is -0.337 e. The van der Waals surface area contributed by atoms with E-state index in [-0.39, 0.29) is 12.4 Å². The maximum atomic E-state index is 4.54. The first-order valence-corrected chi connectivity index (χ1v) is 8.07. The van der Waals surface area contributed by atoms with Gasteiger partial charge in [-0.15, -0.1) is 12.4 Å². The van der Waals surface area contributed by atoms with Crippen molar-refractivity contribution in [2.24, 2.45) is 13.0 Å². The van der Waals surface area contributed by atoms with E-state index < -0.39 is 0 Å². The molecule has 23 heavy (non-hydrogen) atoms. The molecule has 128 valence electrons. The Hall–Kier alpha value is -1.37. The Balaban J connectivity index is 0.00000192. The van der Waals surface area contributed by atoms with Crippen LogP contribution in [0.4, 0.5) is 0 Å². The Labute approximate surface area is 144 Å². The minimum atomic E-state index is 0. The van der Waals surface area contributed by atoms with Crippen molar-refractivity contribution in [1.29, 1.82) is 0 Å². The van der Waals surface area contributed by atoms with Crippen molar-refractivity contribution in [2.45, 2.75) is 33.0 Å². The molecule has 1 saturated heterocycles. The molecule has 3 rings (SSSR count). The fourth-order valence-electron chi connectivity index (χ4n) is 3.08. The smallest absolute Gasteiger partial charge is 0.127 e. The Kier molecular flexibility index (Phi) is 6.21. The summed E-state index contributed by atoms with van der Waals surface area (Å²) in [6, 6.07) is 0.321. The molecule has 1 aliphatic heterocycles. The highest BCUT2D eigenvalue weighted by atomic mass is 35.5. The average Bonchev–Trinajstić information content (AvgIpc) is 3.08. The third kappa shape index (κ3) is 4.34. The van der Waals surface area contributed by atoms with Gasteiger partial charge in [0.2, 0.25) is 0 Å². The second kappa shape index (κ2) is 7.95. The van der Waals surface area contributed by atoms with E-state index in [2.05, 4.69) is 56.6 Å². The van der Waals surface area contributed by atoms with E-state index in [1.54, 1.807) is 0 Å². The lowest BCUT2D eigenvalue weighted by Crippen LogP contribution is -2.46. The first kappa shape index (κ1) is 18.0. The number of hydrogen-bond donors (Lipinski definition) is 1. The van der Waals surface area contributed by atoms with Crippen LogP contribution in [0.15, 0.2) is 24.8 Å². The van der Waals surface area contributed by atoms with Gasteiger partial charge in [-0.1, -0.05) is 13.8 Å². The van der Waals surface area contributed by atoms with Crippen LogP contribution in [0.5, 0.6) is 0 Å². The predicted octanol–water partition coefficient (Wildman–Crippen LogP) is 1.84. The normalized spacial score (nSPS) is 19.0. The fourth-order valence-corrected chi connectivity index (χ4v) is 3.08. The van der Waals surface area contributed by atoms with Gasteiger partial charge in [-0.3, -0.25) is 9.58 Å². The van der Waals surface area contributed by atoms with Crippen LogP contribution in [0.1, 0.15) is 31.3 Å². The van der Waals surface area contributed by atoms with Gasteiger partial charge in [0.15, 0.2) is 0 Å². The van der Waals surface area contributed by atoms with Gasteiger partial charge in [-0.25, -0.2) is 4.98 Å². The molecule has 0 aromatic carbocycles. The van der Waals surface area contributed by atoms with Crippen molar-refractivity contribution in [3.05, 3.63) is 36.2 Å². The lowest BCUT2D eigenvalue weighted by Gasteiger charge is -2.35. The van der Waals surface area contributed by atoms with Crippen molar-refractivity contribution in [3.63, 3.8) is 0 Å². The van der Waals surface area contributed by atoms with E-state index in [9.17, 15) is 0 Å². The quantitative estimate of drug-likeness (QED) is 0.903. The number of imidazole rings is 1. The molecular formula is C16H27ClN6. The van der Waals surface area contributed by atoms with Crippen LogP contribution in [0.25, 0.3) is 0 Å². The van der Waals surface area contributed by atoms with Crippen LogP contribution >= 0.6 is 12.4 Å². The molecule has 0 saturated carbocycles. The highest BCUT2D eigenvalue weighted by Crippen LogP contribution is 2.22. The van der Waals surface area contributed by atoms with E-state index in [1.807, 2.05) is 18.6 Å². The van der Waals surface area contributed by atoms with Gasteiger partial charge in [0.1, 0.15) is 5.82 Å². The zero-order valence-corrected chi connectivity index (χ0v) is 15.0. The molecule has 1 unspecified atom stereocenters. The first-order chi connectivity index (χ1) is 10.6. The third-order valence-corrected chi connectivity index (χ3v) is 4.14. The molecule has 1 aliphatic rings. The van der Waals surface area contributed by atoms with E-state index >= 15 is 0 Å². The molecule has 1 atom stereocenters. The lowest BCUT2D eigenvalue weighted by atomic mass is 10.1. The molecule has 0 aliphatic carbocycles. The number of rotatable bonds is 5. The lowest BCUT2D eigenvalue weighted by molar-refractivity contribution is 0.144. The van der Waals surface area contributed by atoms with Crippen molar-refractivity contribution in [3.8, 4) is 0 Å². The maximum Gasteiger partial charge on any atom is 0.127 e. The van der Waals surface area contributed by atoms with Gasteiger partial charge in [0.05, 0.1) is 12.2 Å². The third-order valence-electron chi connectivity index (χ3n) is 4.14. The summed E-state index contributed by atoms with van der Waals surface area (Å²) in [5.41, 5.74) is 1.28. The number of aromatic nitrogens is 4. The van der Waals surface area contributed by atoms with E-state index in [1.165, 1.54) is 5.56 Å². The number of nitrogens with zero attached hydrogens (tertiary/aromatic N) is 5. The fraction of sp³-hybridized carbons (Fsp3) is 0.625. The second-order valence-electron chi connectivity index (χ2n) is 6.55. The molecule has 0 spiro atoms. The van der Waals surface area contributed by atoms with E-state index in [4.69, 9.17) is 0 Å². The van der Waals surface area contributed by atoms with Crippen LogP contribution in [0.3, 0.4) is 0 Å². The molecule has 7 heteroatoms. The van der Waals surface area contributed by atoms with Crippen molar-refractivity contribution >= 4 is 12.4 Å². The van der Waals surface area contributed by atoms with Crippen LogP contribution in [0, 0.1) is 5.92 Å². The van der Waals surface area contributed by atoms with Crippen LogP contribution in [-0.4, -0.2) is 43.9 Å². The zero-order chi connectivity index (χ0) is 15.5. The average molecular weight is 339 g/mol. The standard InChI is InChI=1S/C16H26N6.ClH/c1-13(2)10-22-12-14(8-19-22)11-21-7-4-17-9-15(21)16-18-5-6-20(16)3;/h5-6,8,12-13,15,17H,4,7,9-11H2,1-3H3;1H. The van der Waals surface area contributed by atoms with E-state index in [0.29, 0.717) is 12.0 Å². The predicted molar refractivity (Wildman–Crippen MR) is 93.5 cm³/mol. The van der Waals surface area contributed by atoms with Crippen LogP contribution in [-0.2, 0) is 20.1 Å². The van der Waals surface area contributed by atoms with Gasteiger partial charge in [0, 0.05) is 63.9 Å². The van der Waals surface area contributed by atoms with Gasteiger partial charge >= 0.3 is 0 Å². The number of nitrogens with one attached hydrogen (secondary N) is 1. The molecule has 1 fully saturated rings. The Bertz CT molecular complexity index is 605. The molecule has 2 aromatic rings. The number of piperazine rings is 1. The van der Waals surface area contributed by atoms with E-state index in [0.717, 1.165) is 38.5 Å². The molecular weight excluding hydrogens is 312 g/mol. The molecule has 0 amide bonds. The molecule has 1 N–H and O–H groups in total. The van der Waals surface area contributed by atoms with Crippen LogP contribution in [0.2, 0.25) is 0 Å². The van der Waals surface area contributed by atoms with Crippen molar-refractivity contribution in [1.82, 2.24) is 29.5 Å². The van der Waals surface area contributed by atoms with Crippen molar-refractivity contribution in [2.75, 3.05) is 19.6 Å². The topological polar surface area (TPSA) is 50.9 Å². The summed E-state index contributed by atoms with van der Waals surface area (Å²) >= 11 is 0. The number of halogens is 1. The van der Waals surface area contributed by atoms with Gasteiger partial charge in [-0.05, 0) is 5.92 Å². The highest BCUT2D eigenvalue weighted by Gasteiger charge is 2.26. The van der Waals surface area contributed by atoms with Gasteiger partial charge < -0.3 is 9.88 Å². The summed E-state index contributed by atoms with van der Waals surface area (Å²) in [5, 5.41) is 7.96. The second-order valence-corrected chi connectivity index (χ2v) is 6.55. The molecule has 0 bridgehead atoms. The maximum absolute atomic E-state index is 4.54.